The lowest BCUT2D eigenvalue weighted by molar-refractivity contribution is 0.0984. The Kier molecular flexibility index (Phi) is 4.58. The SMILES string of the molecule is CCN(C(=O)c1ccc(OC)cc1F)c1ccccc1C. The number of benzene rings is 2. The Morgan fingerprint density at radius 2 is 1.95 bits per heavy atom. The Hall–Kier alpha value is -2.36. The van der Waals surface area contributed by atoms with E-state index in [9.17, 15) is 9.18 Å². The van der Waals surface area contributed by atoms with E-state index < -0.39 is 5.82 Å². The minimum absolute atomic E-state index is 0.0425. The van der Waals surface area contributed by atoms with Crippen molar-refractivity contribution in [2.75, 3.05) is 18.6 Å². The molecule has 0 spiro atoms. The van der Waals surface area contributed by atoms with Gasteiger partial charge in [0.2, 0.25) is 0 Å². The van der Waals surface area contributed by atoms with Gasteiger partial charge in [0.05, 0.1) is 12.7 Å². The van der Waals surface area contributed by atoms with Crippen LogP contribution in [-0.2, 0) is 0 Å². The van der Waals surface area contributed by atoms with Crippen molar-refractivity contribution >= 4 is 11.6 Å². The minimum Gasteiger partial charge on any atom is -0.497 e. The fourth-order valence-corrected chi connectivity index (χ4v) is 2.23. The molecule has 21 heavy (non-hydrogen) atoms. The third kappa shape index (κ3) is 3.05. The molecule has 0 unspecified atom stereocenters. The Labute approximate surface area is 124 Å². The van der Waals surface area contributed by atoms with Crippen molar-refractivity contribution in [1.29, 1.82) is 0 Å². The summed E-state index contributed by atoms with van der Waals surface area (Å²) in [6, 6.07) is 11.8. The number of para-hydroxylation sites is 1. The molecule has 0 aliphatic heterocycles. The van der Waals surface area contributed by atoms with E-state index in [4.69, 9.17) is 4.74 Å². The number of halogens is 1. The maximum absolute atomic E-state index is 14.1. The van der Waals surface area contributed by atoms with Crippen LogP contribution in [0.3, 0.4) is 0 Å². The predicted molar refractivity (Wildman–Crippen MR) is 81.5 cm³/mol. The second-order valence-electron chi connectivity index (χ2n) is 4.68. The van der Waals surface area contributed by atoms with Gasteiger partial charge in [0.1, 0.15) is 11.6 Å². The van der Waals surface area contributed by atoms with Crippen LogP contribution >= 0.6 is 0 Å². The van der Waals surface area contributed by atoms with Crippen LogP contribution in [0.25, 0.3) is 0 Å². The van der Waals surface area contributed by atoms with Crippen LogP contribution in [0.2, 0.25) is 0 Å². The van der Waals surface area contributed by atoms with E-state index in [1.807, 2.05) is 38.1 Å². The molecule has 0 saturated heterocycles. The molecular weight excluding hydrogens is 269 g/mol. The van der Waals surface area contributed by atoms with Crippen molar-refractivity contribution < 1.29 is 13.9 Å². The van der Waals surface area contributed by atoms with E-state index in [0.717, 1.165) is 11.3 Å². The number of aryl methyl sites for hydroxylation is 1. The molecule has 0 N–H and O–H groups in total. The average molecular weight is 287 g/mol. The average Bonchev–Trinajstić information content (AvgIpc) is 2.49. The first-order chi connectivity index (χ1) is 10.1. The van der Waals surface area contributed by atoms with Crippen molar-refractivity contribution in [3.63, 3.8) is 0 Å². The fourth-order valence-electron chi connectivity index (χ4n) is 2.23. The molecule has 2 aromatic rings. The Bertz CT molecular complexity index is 655. The first kappa shape index (κ1) is 15.0. The lowest BCUT2D eigenvalue weighted by Crippen LogP contribution is -2.31. The van der Waals surface area contributed by atoms with E-state index in [1.165, 1.54) is 19.2 Å². The smallest absolute Gasteiger partial charge is 0.261 e. The van der Waals surface area contributed by atoms with Gasteiger partial charge in [-0.15, -0.1) is 0 Å². The van der Waals surface area contributed by atoms with E-state index >= 15 is 0 Å². The fraction of sp³-hybridized carbons (Fsp3) is 0.235. The predicted octanol–water partition coefficient (Wildman–Crippen LogP) is 3.81. The number of nitrogens with zero attached hydrogens (tertiary/aromatic N) is 1. The van der Waals surface area contributed by atoms with Crippen LogP contribution < -0.4 is 9.64 Å². The van der Waals surface area contributed by atoms with E-state index in [2.05, 4.69) is 0 Å². The van der Waals surface area contributed by atoms with Crippen molar-refractivity contribution in [3.05, 3.63) is 59.4 Å². The maximum Gasteiger partial charge on any atom is 0.261 e. The highest BCUT2D eigenvalue weighted by Gasteiger charge is 2.20. The third-order valence-corrected chi connectivity index (χ3v) is 3.37. The molecule has 0 fully saturated rings. The summed E-state index contributed by atoms with van der Waals surface area (Å²) in [5, 5.41) is 0. The van der Waals surface area contributed by atoms with Crippen molar-refractivity contribution in [1.82, 2.24) is 0 Å². The molecule has 0 bridgehead atoms. The number of amides is 1. The van der Waals surface area contributed by atoms with Crippen LogP contribution in [0, 0.1) is 12.7 Å². The zero-order valence-electron chi connectivity index (χ0n) is 12.4. The molecule has 1 amide bonds. The van der Waals surface area contributed by atoms with E-state index in [-0.39, 0.29) is 11.5 Å². The third-order valence-electron chi connectivity index (χ3n) is 3.37. The summed E-state index contributed by atoms with van der Waals surface area (Å²) < 4.78 is 19.0. The highest BCUT2D eigenvalue weighted by Crippen LogP contribution is 2.23. The first-order valence-electron chi connectivity index (χ1n) is 6.79. The number of rotatable bonds is 4. The Morgan fingerprint density at radius 1 is 1.24 bits per heavy atom. The molecule has 0 aliphatic rings. The zero-order valence-corrected chi connectivity index (χ0v) is 12.4. The molecule has 2 aromatic carbocycles. The standard InChI is InChI=1S/C17H18FNO2/c1-4-19(16-8-6-5-7-12(16)2)17(20)14-10-9-13(21-3)11-15(14)18/h5-11H,4H2,1-3H3. The molecule has 0 atom stereocenters. The number of methoxy groups -OCH3 is 1. The van der Waals surface area contributed by atoms with Crippen LogP contribution in [-0.4, -0.2) is 19.6 Å². The molecule has 0 heterocycles. The lowest BCUT2D eigenvalue weighted by atomic mass is 10.1. The largest absolute Gasteiger partial charge is 0.497 e. The van der Waals surface area contributed by atoms with Gasteiger partial charge in [-0.2, -0.15) is 0 Å². The minimum atomic E-state index is -0.577. The summed E-state index contributed by atoms with van der Waals surface area (Å²) in [6.07, 6.45) is 0. The van der Waals surface area contributed by atoms with Gasteiger partial charge < -0.3 is 9.64 Å². The molecule has 4 heteroatoms. The van der Waals surface area contributed by atoms with Gasteiger partial charge >= 0.3 is 0 Å². The molecule has 0 saturated carbocycles. The monoisotopic (exact) mass is 287 g/mol. The summed E-state index contributed by atoms with van der Waals surface area (Å²) in [6.45, 7) is 4.26. The number of ether oxygens (including phenoxy) is 1. The van der Waals surface area contributed by atoms with Crippen LogP contribution in [0.1, 0.15) is 22.8 Å². The second kappa shape index (κ2) is 6.39. The highest BCUT2D eigenvalue weighted by molar-refractivity contribution is 6.06. The molecule has 3 nitrogen and oxygen atoms in total. The Morgan fingerprint density at radius 3 is 2.52 bits per heavy atom. The number of carbonyl (C=O) groups is 1. The van der Waals surface area contributed by atoms with Gasteiger partial charge in [0.15, 0.2) is 0 Å². The van der Waals surface area contributed by atoms with Crippen LogP contribution in [0.4, 0.5) is 10.1 Å². The summed E-state index contributed by atoms with van der Waals surface area (Å²) in [4.78, 5) is 14.2. The van der Waals surface area contributed by atoms with Crippen LogP contribution in [0.5, 0.6) is 5.75 Å². The normalized spacial score (nSPS) is 10.3. The Balaban J connectivity index is 2.39. The molecular formula is C17H18FNO2. The molecule has 110 valence electrons. The maximum atomic E-state index is 14.1. The topological polar surface area (TPSA) is 29.5 Å². The quantitative estimate of drug-likeness (QED) is 0.855. The van der Waals surface area contributed by atoms with Gasteiger partial charge in [-0.25, -0.2) is 4.39 Å². The van der Waals surface area contributed by atoms with E-state index in [1.54, 1.807) is 11.0 Å². The lowest BCUT2D eigenvalue weighted by Gasteiger charge is -2.23. The van der Waals surface area contributed by atoms with Gasteiger partial charge in [-0.05, 0) is 37.6 Å². The number of hydrogen-bond acceptors (Lipinski definition) is 2. The van der Waals surface area contributed by atoms with Gasteiger partial charge in [0, 0.05) is 18.3 Å². The highest BCUT2D eigenvalue weighted by atomic mass is 19.1. The summed E-state index contributed by atoms with van der Waals surface area (Å²) in [5.41, 5.74) is 1.81. The first-order valence-corrected chi connectivity index (χ1v) is 6.79. The zero-order chi connectivity index (χ0) is 15.4. The van der Waals surface area contributed by atoms with Crippen molar-refractivity contribution in [3.8, 4) is 5.75 Å². The summed E-state index contributed by atoms with van der Waals surface area (Å²) >= 11 is 0. The summed E-state index contributed by atoms with van der Waals surface area (Å²) in [5.74, 6) is -0.540. The molecule has 0 aromatic heterocycles. The number of carbonyl (C=O) groups excluding carboxylic acids is 1. The van der Waals surface area contributed by atoms with Crippen LogP contribution in [0.15, 0.2) is 42.5 Å². The van der Waals surface area contributed by atoms with Crippen molar-refractivity contribution in [2.45, 2.75) is 13.8 Å². The number of anilines is 1. The van der Waals surface area contributed by atoms with Crippen molar-refractivity contribution in [2.24, 2.45) is 0 Å². The molecule has 0 aliphatic carbocycles. The van der Waals surface area contributed by atoms with E-state index in [0.29, 0.717) is 12.3 Å². The van der Waals surface area contributed by atoms with Gasteiger partial charge in [-0.1, -0.05) is 18.2 Å². The molecule has 0 radical (unpaired) electrons. The van der Waals surface area contributed by atoms with Gasteiger partial charge in [0.25, 0.3) is 5.91 Å². The summed E-state index contributed by atoms with van der Waals surface area (Å²) in [7, 11) is 1.46. The number of hydrogen-bond donors (Lipinski definition) is 0. The molecule has 2 rings (SSSR count). The second-order valence-corrected chi connectivity index (χ2v) is 4.68. The van der Waals surface area contributed by atoms with Gasteiger partial charge in [-0.3, -0.25) is 4.79 Å².